The van der Waals surface area contributed by atoms with Crippen molar-refractivity contribution in [3.8, 4) is 0 Å². The van der Waals surface area contributed by atoms with Crippen LogP contribution in [0.4, 0.5) is 10.5 Å². The first-order valence-electron chi connectivity index (χ1n) is 10.4. The van der Waals surface area contributed by atoms with Crippen LogP contribution in [0.2, 0.25) is 5.02 Å². The van der Waals surface area contributed by atoms with Crippen LogP contribution in [-0.2, 0) is 9.59 Å². The number of non-ortho nitro benzene ring substituents is 1. The van der Waals surface area contributed by atoms with Crippen molar-refractivity contribution >= 4 is 69.4 Å². The molecule has 2 aromatic rings. The van der Waals surface area contributed by atoms with Crippen LogP contribution in [0.5, 0.6) is 0 Å². The SMILES string of the molecule is CC(C)[C@H](NC(=O)c1ccc([N+](=O)[O-])cc1Cl)C(=O)NCCN1C(=O)S/C(=C/c2cccs2)C1=O. The van der Waals surface area contributed by atoms with Gasteiger partial charge in [0.15, 0.2) is 0 Å². The number of benzene rings is 1. The summed E-state index contributed by atoms with van der Waals surface area (Å²) in [6.45, 7) is 3.44. The number of halogens is 1. The zero-order valence-corrected chi connectivity index (χ0v) is 21.0. The molecule has 1 aliphatic heterocycles. The van der Waals surface area contributed by atoms with Crippen LogP contribution < -0.4 is 10.6 Å². The van der Waals surface area contributed by atoms with Gasteiger partial charge in [0, 0.05) is 30.1 Å². The second-order valence-corrected chi connectivity index (χ2v) is 10.1. The van der Waals surface area contributed by atoms with E-state index >= 15 is 0 Å². The van der Waals surface area contributed by atoms with Gasteiger partial charge in [-0.05, 0) is 41.3 Å². The quantitative estimate of drug-likeness (QED) is 0.281. The molecule has 1 aromatic carbocycles. The van der Waals surface area contributed by atoms with Crippen LogP contribution in [0, 0.1) is 16.0 Å². The van der Waals surface area contributed by atoms with E-state index in [2.05, 4.69) is 10.6 Å². The number of nitro groups is 1. The molecular formula is C22H21ClN4O6S2. The average Bonchev–Trinajstić information content (AvgIpc) is 3.40. The summed E-state index contributed by atoms with van der Waals surface area (Å²) in [5.41, 5.74) is -0.270. The molecule has 1 fully saturated rings. The number of nitro benzene ring substituents is 1. The van der Waals surface area contributed by atoms with Crippen LogP contribution in [0.3, 0.4) is 0 Å². The van der Waals surface area contributed by atoms with Crippen molar-refractivity contribution in [1.29, 1.82) is 0 Å². The monoisotopic (exact) mass is 536 g/mol. The fourth-order valence-electron chi connectivity index (χ4n) is 3.15. The lowest BCUT2D eigenvalue weighted by Gasteiger charge is -2.22. The smallest absolute Gasteiger partial charge is 0.293 e. The molecule has 0 aliphatic carbocycles. The molecule has 0 saturated carbocycles. The summed E-state index contributed by atoms with van der Waals surface area (Å²) in [6.07, 6.45) is 1.65. The summed E-state index contributed by atoms with van der Waals surface area (Å²) < 4.78 is 0. The molecule has 1 aliphatic rings. The van der Waals surface area contributed by atoms with E-state index in [1.165, 1.54) is 17.4 Å². The molecule has 13 heteroatoms. The molecule has 0 unspecified atom stereocenters. The number of amides is 4. The number of nitrogens with zero attached hydrogens (tertiary/aromatic N) is 2. The van der Waals surface area contributed by atoms with Gasteiger partial charge in [0.1, 0.15) is 6.04 Å². The molecular weight excluding hydrogens is 516 g/mol. The molecule has 2 heterocycles. The Balaban J connectivity index is 1.58. The lowest BCUT2D eigenvalue weighted by atomic mass is 10.0. The molecule has 10 nitrogen and oxygen atoms in total. The van der Waals surface area contributed by atoms with E-state index in [1.54, 1.807) is 19.9 Å². The second kappa shape index (κ2) is 11.5. The van der Waals surface area contributed by atoms with E-state index in [0.29, 0.717) is 4.91 Å². The summed E-state index contributed by atoms with van der Waals surface area (Å²) in [5.74, 6) is -1.90. The highest BCUT2D eigenvalue weighted by atomic mass is 35.5. The lowest BCUT2D eigenvalue weighted by molar-refractivity contribution is -0.384. The van der Waals surface area contributed by atoms with Crippen LogP contribution in [0.25, 0.3) is 6.08 Å². The van der Waals surface area contributed by atoms with Crippen molar-refractivity contribution in [2.24, 2.45) is 5.92 Å². The van der Waals surface area contributed by atoms with Gasteiger partial charge in [-0.25, -0.2) is 0 Å². The third kappa shape index (κ3) is 6.47. The number of nitrogens with one attached hydrogen (secondary N) is 2. The predicted octanol–water partition coefficient (Wildman–Crippen LogP) is 3.92. The Morgan fingerprint density at radius 1 is 1.26 bits per heavy atom. The van der Waals surface area contributed by atoms with Crippen LogP contribution in [0.15, 0.2) is 40.6 Å². The standard InChI is InChI=1S/C22H21ClN4O6S2/c1-12(2)18(25-19(28)15-6-5-13(27(32)33)10-16(15)23)20(29)24-7-8-26-21(30)17(35-22(26)31)11-14-4-3-9-34-14/h3-6,9-12,18H,7-8H2,1-2H3,(H,24,29)(H,25,28)/b17-11+/t18-/m0/s1. The Morgan fingerprint density at radius 2 is 2.00 bits per heavy atom. The van der Waals surface area contributed by atoms with Crippen LogP contribution >= 0.6 is 34.7 Å². The topological polar surface area (TPSA) is 139 Å². The van der Waals surface area contributed by atoms with E-state index in [9.17, 15) is 29.3 Å². The Bertz CT molecular complexity index is 1200. The van der Waals surface area contributed by atoms with Crippen LogP contribution in [0.1, 0.15) is 29.1 Å². The molecule has 0 radical (unpaired) electrons. The number of imide groups is 1. The maximum Gasteiger partial charge on any atom is 0.293 e. The van der Waals surface area contributed by atoms with Gasteiger partial charge in [-0.1, -0.05) is 31.5 Å². The molecule has 4 amide bonds. The maximum absolute atomic E-state index is 12.7. The van der Waals surface area contributed by atoms with Crippen molar-refractivity contribution in [1.82, 2.24) is 15.5 Å². The number of hydrogen-bond donors (Lipinski definition) is 2. The van der Waals surface area contributed by atoms with Gasteiger partial charge in [-0.15, -0.1) is 11.3 Å². The molecule has 35 heavy (non-hydrogen) atoms. The first-order valence-corrected chi connectivity index (χ1v) is 12.5. The Hall–Kier alpha value is -3.22. The van der Waals surface area contributed by atoms with Crippen molar-refractivity contribution in [3.05, 3.63) is 66.2 Å². The number of rotatable bonds is 9. The first-order chi connectivity index (χ1) is 16.6. The highest BCUT2D eigenvalue weighted by molar-refractivity contribution is 8.18. The third-order valence-corrected chi connectivity index (χ3v) is 7.01. The molecule has 184 valence electrons. The van der Waals surface area contributed by atoms with Crippen molar-refractivity contribution in [2.45, 2.75) is 19.9 Å². The molecule has 1 atom stereocenters. The van der Waals surface area contributed by atoms with Crippen molar-refractivity contribution in [3.63, 3.8) is 0 Å². The van der Waals surface area contributed by atoms with Gasteiger partial charge in [0.2, 0.25) is 5.91 Å². The number of thioether (sulfide) groups is 1. The van der Waals surface area contributed by atoms with Crippen molar-refractivity contribution in [2.75, 3.05) is 13.1 Å². The first kappa shape index (κ1) is 26.4. The van der Waals surface area contributed by atoms with Crippen LogP contribution in [-0.4, -0.2) is 51.9 Å². The normalized spacial score (nSPS) is 15.5. The minimum Gasteiger partial charge on any atom is -0.353 e. The average molecular weight is 537 g/mol. The Kier molecular flexibility index (Phi) is 8.65. The largest absolute Gasteiger partial charge is 0.353 e. The highest BCUT2D eigenvalue weighted by Crippen LogP contribution is 2.32. The summed E-state index contributed by atoms with van der Waals surface area (Å²) in [7, 11) is 0. The van der Waals surface area contributed by atoms with Crippen molar-refractivity contribution < 1.29 is 24.1 Å². The van der Waals surface area contributed by atoms with E-state index < -0.39 is 33.9 Å². The van der Waals surface area contributed by atoms with Gasteiger partial charge in [0.05, 0.1) is 20.4 Å². The molecule has 0 bridgehead atoms. The molecule has 2 N–H and O–H groups in total. The van der Waals surface area contributed by atoms with Gasteiger partial charge in [-0.2, -0.15) is 0 Å². The molecule has 0 spiro atoms. The second-order valence-electron chi connectivity index (χ2n) is 7.76. The summed E-state index contributed by atoms with van der Waals surface area (Å²) in [5, 5.41) is 17.4. The number of carbonyl (C=O) groups is 4. The number of carbonyl (C=O) groups excluding carboxylic acids is 4. The summed E-state index contributed by atoms with van der Waals surface area (Å²) in [4.78, 5) is 62.7. The fourth-order valence-corrected chi connectivity index (χ4v) is 5.00. The Labute approximate surface area is 213 Å². The number of thiophene rings is 1. The summed E-state index contributed by atoms with van der Waals surface area (Å²) in [6, 6.07) is 6.16. The minimum absolute atomic E-state index is 0.000529. The fraction of sp³-hybridized carbons (Fsp3) is 0.273. The van der Waals surface area contributed by atoms with Gasteiger partial charge in [-0.3, -0.25) is 34.2 Å². The highest BCUT2D eigenvalue weighted by Gasteiger charge is 2.35. The zero-order chi connectivity index (χ0) is 25.7. The Morgan fingerprint density at radius 3 is 2.60 bits per heavy atom. The predicted molar refractivity (Wildman–Crippen MR) is 134 cm³/mol. The molecule has 1 aromatic heterocycles. The minimum atomic E-state index is -0.942. The maximum atomic E-state index is 12.7. The molecule has 1 saturated heterocycles. The summed E-state index contributed by atoms with van der Waals surface area (Å²) >= 11 is 8.30. The third-order valence-electron chi connectivity index (χ3n) is 4.97. The number of hydrogen-bond acceptors (Lipinski definition) is 8. The molecule has 3 rings (SSSR count). The van der Waals surface area contributed by atoms with Gasteiger partial charge < -0.3 is 10.6 Å². The van der Waals surface area contributed by atoms with E-state index in [-0.39, 0.29) is 35.3 Å². The van der Waals surface area contributed by atoms with E-state index in [0.717, 1.165) is 33.7 Å². The van der Waals surface area contributed by atoms with E-state index in [4.69, 9.17) is 11.6 Å². The lowest BCUT2D eigenvalue weighted by Crippen LogP contribution is -2.51. The zero-order valence-electron chi connectivity index (χ0n) is 18.6. The van der Waals surface area contributed by atoms with Gasteiger partial charge >= 0.3 is 0 Å². The van der Waals surface area contributed by atoms with Gasteiger partial charge in [0.25, 0.3) is 22.7 Å². The van der Waals surface area contributed by atoms with E-state index in [1.807, 2.05) is 17.5 Å².